The van der Waals surface area contributed by atoms with E-state index in [0.717, 1.165) is 6.42 Å². The number of nitrogens with zero attached hydrogens (tertiary/aromatic N) is 2. The third kappa shape index (κ3) is 5.32. The summed E-state index contributed by atoms with van der Waals surface area (Å²) in [6, 6.07) is 85.5. The summed E-state index contributed by atoms with van der Waals surface area (Å²) >= 11 is 0. The smallest absolute Gasteiger partial charge is 0.179 e. The molecule has 0 bridgehead atoms. The first-order valence-corrected chi connectivity index (χ1v) is 22.2. The highest BCUT2D eigenvalue weighted by Crippen LogP contribution is 2.36. The monoisotopic (exact) mass is 756 g/mol. The Kier molecular flexibility index (Phi) is 8.27. The summed E-state index contributed by atoms with van der Waals surface area (Å²) in [6.07, 6.45) is 0.775. The summed E-state index contributed by atoms with van der Waals surface area (Å²) in [6.45, 7) is 0. The Morgan fingerprint density at radius 3 is 1.07 bits per heavy atom. The first kappa shape index (κ1) is 34.1. The predicted octanol–water partition coefficient (Wildman–Crippen LogP) is 10.8. The molecule has 0 aliphatic heterocycles. The Morgan fingerprint density at radius 1 is 0.276 bits per heavy atom. The van der Waals surface area contributed by atoms with Crippen molar-refractivity contribution in [1.82, 2.24) is 9.13 Å². The molecule has 0 N–H and O–H groups in total. The minimum absolute atomic E-state index is 0.775. The minimum Gasteiger partial charge on any atom is -0.309 e. The summed E-state index contributed by atoms with van der Waals surface area (Å²) in [5, 5.41) is 10.5. The Morgan fingerprint density at radius 2 is 0.621 bits per heavy atom. The largest absolute Gasteiger partial charge is 0.309 e. The lowest BCUT2D eigenvalue weighted by atomic mass is 10.0. The van der Waals surface area contributed by atoms with E-state index in [1.807, 2.05) is 0 Å². The number of aromatic nitrogens is 2. The molecule has 2 heterocycles. The van der Waals surface area contributed by atoms with Crippen molar-refractivity contribution < 1.29 is 0 Å². The van der Waals surface area contributed by atoms with Crippen LogP contribution >= 0.6 is 0 Å². The van der Waals surface area contributed by atoms with Crippen molar-refractivity contribution in [1.29, 1.82) is 0 Å². The molecule has 3 heteroatoms. The normalized spacial score (nSPS) is 11.9. The Labute approximate surface area is 339 Å². The molecule has 2 aromatic heterocycles. The first-order valence-electron chi connectivity index (χ1n) is 20.2. The number of rotatable bonds is 8. The van der Waals surface area contributed by atoms with Crippen LogP contribution in [-0.2, 0) is 6.42 Å². The van der Waals surface area contributed by atoms with Gasteiger partial charge in [-0.05, 0) is 68.3 Å². The van der Waals surface area contributed by atoms with E-state index >= 15 is 0 Å². The van der Waals surface area contributed by atoms with Gasteiger partial charge in [0, 0.05) is 39.3 Å². The van der Waals surface area contributed by atoms with E-state index in [2.05, 4.69) is 240 Å². The van der Waals surface area contributed by atoms with Crippen LogP contribution in [0.15, 0.2) is 231 Å². The molecule has 0 saturated carbocycles. The van der Waals surface area contributed by atoms with Gasteiger partial charge >= 0.3 is 0 Å². The highest BCUT2D eigenvalue weighted by Gasteiger charge is 2.41. The van der Waals surface area contributed by atoms with Gasteiger partial charge in [-0.2, -0.15) is 0 Å². The molecule has 0 atom stereocenters. The summed E-state index contributed by atoms with van der Waals surface area (Å²) in [5.74, 6) is 0. The van der Waals surface area contributed by atoms with E-state index in [-0.39, 0.29) is 0 Å². The fourth-order valence-electron chi connectivity index (χ4n) is 9.67. The molecule has 11 rings (SSSR count). The van der Waals surface area contributed by atoms with Gasteiger partial charge in [0.25, 0.3) is 0 Å². The lowest BCUT2D eigenvalue weighted by Crippen LogP contribution is -2.74. The number of benzene rings is 9. The van der Waals surface area contributed by atoms with Crippen molar-refractivity contribution >= 4 is 72.4 Å². The second-order valence-corrected chi connectivity index (χ2v) is 19.0. The lowest BCUT2D eigenvalue weighted by Gasteiger charge is -2.34. The van der Waals surface area contributed by atoms with Gasteiger partial charge < -0.3 is 9.13 Å². The van der Waals surface area contributed by atoms with Crippen LogP contribution in [-0.4, -0.2) is 17.2 Å². The average Bonchev–Trinajstić information content (AvgIpc) is 3.81. The Bertz CT molecular complexity index is 3100. The zero-order valence-corrected chi connectivity index (χ0v) is 33.0. The van der Waals surface area contributed by atoms with E-state index in [4.69, 9.17) is 0 Å². The van der Waals surface area contributed by atoms with E-state index in [9.17, 15) is 0 Å². The summed E-state index contributed by atoms with van der Waals surface area (Å²) in [5.41, 5.74) is 9.86. The molecule has 11 aromatic rings. The summed E-state index contributed by atoms with van der Waals surface area (Å²) in [7, 11) is -2.76. The zero-order valence-electron chi connectivity index (χ0n) is 32.0. The van der Waals surface area contributed by atoms with Gasteiger partial charge in [0.15, 0.2) is 8.07 Å². The van der Waals surface area contributed by atoms with Crippen LogP contribution in [0, 0.1) is 0 Å². The standard InChI is InChI=1S/C55H40N2Si/c1-4-22-42(23-5-1)58(43-24-6-2-7-25-43,44-26-8-3-9-27-44)45-36-37-49-48-30-14-19-35-54(48)57(55(49)39-45)51-32-16-11-21-41(51)38-40-20-10-15-31-50(40)56-52-33-17-12-28-46(52)47-29-13-18-34-53(47)56/h1-37,39H,38H2. The second kappa shape index (κ2) is 14.1. The fraction of sp³-hybridized carbons (Fsp3) is 0.0182. The molecule has 0 spiro atoms. The van der Waals surface area contributed by atoms with Crippen LogP contribution in [0.2, 0.25) is 0 Å². The van der Waals surface area contributed by atoms with Crippen LogP contribution < -0.4 is 20.7 Å². The van der Waals surface area contributed by atoms with Crippen molar-refractivity contribution in [3.05, 3.63) is 242 Å². The zero-order chi connectivity index (χ0) is 38.5. The Balaban J connectivity index is 1.15. The van der Waals surface area contributed by atoms with Gasteiger partial charge in [-0.15, -0.1) is 0 Å². The maximum absolute atomic E-state index is 2.76. The molecule has 0 aliphatic rings. The second-order valence-electron chi connectivity index (χ2n) is 15.2. The van der Waals surface area contributed by atoms with Gasteiger partial charge in [0.1, 0.15) is 0 Å². The SMILES string of the molecule is c1ccc([Si](c2ccccc2)(c2ccccc2)c2ccc3c4ccccc4n(-c4ccccc4Cc4ccccc4-n4c5ccccc5c5ccccc54)c3c2)cc1. The maximum atomic E-state index is 2.53. The Hall–Kier alpha value is -7.20. The average molecular weight is 757 g/mol. The molecular weight excluding hydrogens is 717 g/mol. The van der Waals surface area contributed by atoms with E-state index in [1.165, 1.54) is 86.9 Å². The van der Waals surface area contributed by atoms with Gasteiger partial charge in [-0.25, -0.2) is 0 Å². The summed E-state index contributed by atoms with van der Waals surface area (Å²) in [4.78, 5) is 0. The van der Waals surface area contributed by atoms with Crippen molar-refractivity contribution in [2.24, 2.45) is 0 Å². The number of hydrogen-bond acceptors (Lipinski definition) is 0. The van der Waals surface area contributed by atoms with Gasteiger partial charge in [-0.1, -0.05) is 194 Å². The van der Waals surface area contributed by atoms with E-state index < -0.39 is 8.07 Å². The van der Waals surface area contributed by atoms with Gasteiger partial charge in [-0.3, -0.25) is 0 Å². The quantitative estimate of drug-likeness (QED) is 0.108. The van der Waals surface area contributed by atoms with Crippen LogP contribution in [0.1, 0.15) is 11.1 Å². The van der Waals surface area contributed by atoms with Crippen LogP contribution in [0.3, 0.4) is 0 Å². The molecule has 58 heavy (non-hydrogen) atoms. The lowest BCUT2D eigenvalue weighted by molar-refractivity contribution is 1.06. The predicted molar refractivity (Wildman–Crippen MR) is 248 cm³/mol. The van der Waals surface area contributed by atoms with Crippen molar-refractivity contribution in [2.45, 2.75) is 6.42 Å². The molecule has 0 saturated heterocycles. The first-order chi connectivity index (χ1) is 28.8. The molecule has 0 amide bonds. The molecule has 0 unspecified atom stereocenters. The van der Waals surface area contributed by atoms with Crippen molar-refractivity contribution in [3.63, 3.8) is 0 Å². The van der Waals surface area contributed by atoms with Crippen LogP contribution in [0.4, 0.5) is 0 Å². The maximum Gasteiger partial charge on any atom is 0.179 e. The van der Waals surface area contributed by atoms with Crippen molar-refractivity contribution in [2.75, 3.05) is 0 Å². The molecule has 2 nitrogen and oxygen atoms in total. The molecule has 0 aliphatic carbocycles. The minimum atomic E-state index is -2.76. The molecule has 9 aromatic carbocycles. The van der Waals surface area contributed by atoms with Crippen molar-refractivity contribution in [3.8, 4) is 11.4 Å². The molecule has 0 radical (unpaired) electrons. The number of para-hydroxylation sites is 5. The third-order valence-corrected chi connectivity index (χ3v) is 16.9. The number of hydrogen-bond donors (Lipinski definition) is 0. The molecular formula is C55H40N2Si. The van der Waals surface area contributed by atoms with Gasteiger partial charge in [0.2, 0.25) is 0 Å². The number of fused-ring (bicyclic) bond motifs is 6. The van der Waals surface area contributed by atoms with Crippen LogP contribution in [0.25, 0.3) is 55.0 Å². The third-order valence-electron chi connectivity index (χ3n) is 12.2. The fourth-order valence-corrected chi connectivity index (χ4v) is 14.4. The molecule has 274 valence electrons. The topological polar surface area (TPSA) is 9.86 Å². The van der Waals surface area contributed by atoms with Crippen LogP contribution in [0.5, 0.6) is 0 Å². The highest BCUT2D eigenvalue weighted by atomic mass is 28.3. The van der Waals surface area contributed by atoms with E-state index in [1.54, 1.807) is 0 Å². The highest BCUT2D eigenvalue weighted by molar-refractivity contribution is 7.20. The summed E-state index contributed by atoms with van der Waals surface area (Å²) < 4.78 is 4.99. The van der Waals surface area contributed by atoms with Gasteiger partial charge in [0.05, 0.1) is 22.1 Å². The molecule has 0 fully saturated rings. The van der Waals surface area contributed by atoms with E-state index in [0.29, 0.717) is 0 Å².